The molecule has 6 nitrogen and oxygen atoms in total. The van der Waals surface area contributed by atoms with Crippen LogP contribution in [0.2, 0.25) is 0 Å². The zero-order valence-electron chi connectivity index (χ0n) is 17.9. The molecule has 0 unspecified atom stereocenters. The minimum Gasteiger partial charge on any atom is -0.493 e. The smallest absolute Gasteiger partial charge is 0.220 e. The molecule has 1 aliphatic rings. The fourth-order valence-electron chi connectivity index (χ4n) is 3.59. The molecular weight excluding hydrogens is 352 g/mol. The maximum atomic E-state index is 11.6. The van der Waals surface area contributed by atoms with Gasteiger partial charge in [0, 0.05) is 46.1 Å². The number of carbonyl (C=O) groups excluding carboxylic acids is 1. The predicted octanol–water partition coefficient (Wildman–Crippen LogP) is 2.89. The SMILES string of the molecule is CCNC(=NCCCOc1c(C)cccc1C)N1CCC(CC(=O)NC)CC1. The van der Waals surface area contributed by atoms with Gasteiger partial charge in [-0.15, -0.1) is 0 Å². The lowest BCUT2D eigenvalue weighted by atomic mass is 9.93. The van der Waals surface area contributed by atoms with E-state index >= 15 is 0 Å². The van der Waals surface area contributed by atoms with Crippen molar-refractivity contribution >= 4 is 11.9 Å². The number of carbonyl (C=O) groups is 1. The van der Waals surface area contributed by atoms with Gasteiger partial charge in [-0.3, -0.25) is 9.79 Å². The van der Waals surface area contributed by atoms with Gasteiger partial charge < -0.3 is 20.3 Å². The van der Waals surface area contributed by atoms with E-state index in [1.54, 1.807) is 7.05 Å². The van der Waals surface area contributed by atoms with E-state index < -0.39 is 0 Å². The van der Waals surface area contributed by atoms with Gasteiger partial charge in [-0.25, -0.2) is 0 Å². The molecule has 1 saturated heterocycles. The molecule has 0 atom stereocenters. The number of benzene rings is 1. The highest BCUT2D eigenvalue weighted by molar-refractivity contribution is 5.80. The van der Waals surface area contributed by atoms with Gasteiger partial charge in [0.1, 0.15) is 5.75 Å². The number of aryl methyl sites for hydroxylation is 2. The highest BCUT2D eigenvalue weighted by Gasteiger charge is 2.22. The number of piperidine rings is 1. The summed E-state index contributed by atoms with van der Waals surface area (Å²) in [6.07, 6.45) is 3.59. The summed E-state index contributed by atoms with van der Waals surface area (Å²) in [5.41, 5.74) is 2.35. The summed E-state index contributed by atoms with van der Waals surface area (Å²) < 4.78 is 5.98. The molecule has 0 aliphatic carbocycles. The van der Waals surface area contributed by atoms with E-state index in [0.29, 0.717) is 18.9 Å². The van der Waals surface area contributed by atoms with E-state index in [1.807, 2.05) is 0 Å². The highest BCUT2D eigenvalue weighted by Crippen LogP contribution is 2.22. The second-order valence-corrected chi connectivity index (χ2v) is 7.47. The number of nitrogens with one attached hydrogen (secondary N) is 2. The van der Waals surface area contributed by atoms with Crippen molar-refractivity contribution < 1.29 is 9.53 Å². The first-order valence-corrected chi connectivity index (χ1v) is 10.5. The van der Waals surface area contributed by atoms with Gasteiger partial charge in [-0.05, 0) is 50.7 Å². The number of nitrogens with zero attached hydrogens (tertiary/aromatic N) is 2. The van der Waals surface area contributed by atoms with Gasteiger partial charge >= 0.3 is 0 Å². The number of amides is 1. The Morgan fingerprint density at radius 2 is 1.93 bits per heavy atom. The molecule has 2 rings (SSSR count). The summed E-state index contributed by atoms with van der Waals surface area (Å²) in [6, 6.07) is 6.22. The Labute approximate surface area is 169 Å². The minimum absolute atomic E-state index is 0.142. The summed E-state index contributed by atoms with van der Waals surface area (Å²) in [5.74, 6) is 2.59. The Balaban J connectivity index is 1.78. The van der Waals surface area contributed by atoms with Gasteiger partial charge in [0.2, 0.25) is 5.91 Å². The number of rotatable bonds is 8. The zero-order chi connectivity index (χ0) is 20.4. The molecule has 0 spiro atoms. The third-order valence-corrected chi connectivity index (χ3v) is 5.22. The van der Waals surface area contributed by atoms with Gasteiger partial charge in [-0.2, -0.15) is 0 Å². The number of para-hydroxylation sites is 1. The topological polar surface area (TPSA) is 66.0 Å². The number of hydrogen-bond donors (Lipinski definition) is 2. The van der Waals surface area contributed by atoms with Crippen molar-refractivity contribution in [3.63, 3.8) is 0 Å². The van der Waals surface area contributed by atoms with Crippen molar-refractivity contribution in [2.75, 3.05) is 39.8 Å². The average molecular weight is 389 g/mol. The second-order valence-electron chi connectivity index (χ2n) is 7.47. The number of likely N-dealkylation sites (tertiary alicyclic amines) is 1. The van der Waals surface area contributed by atoms with E-state index in [-0.39, 0.29) is 5.91 Å². The molecule has 156 valence electrons. The van der Waals surface area contributed by atoms with E-state index in [2.05, 4.69) is 54.5 Å². The highest BCUT2D eigenvalue weighted by atomic mass is 16.5. The first-order chi connectivity index (χ1) is 13.5. The molecule has 1 aromatic rings. The number of ether oxygens (including phenoxy) is 1. The molecule has 0 radical (unpaired) electrons. The van der Waals surface area contributed by atoms with E-state index in [1.165, 1.54) is 11.1 Å². The van der Waals surface area contributed by atoms with Crippen LogP contribution in [-0.2, 0) is 4.79 Å². The molecule has 28 heavy (non-hydrogen) atoms. The van der Waals surface area contributed by atoms with Crippen molar-refractivity contribution in [3.05, 3.63) is 29.3 Å². The van der Waals surface area contributed by atoms with Crippen LogP contribution in [0.5, 0.6) is 5.75 Å². The number of guanidine groups is 1. The van der Waals surface area contributed by atoms with Crippen LogP contribution in [0.4, 0.5) is 0 Å². The maximum absolute atomic E-state index is 11.6. The summed E-state index contributed by atoms with van der Waals surface area (Å²) in [5, 5.41) is 6.13. The first kappa shape index (κ1) is 22.1. The third-order valence-electron chi connectivity index (χ3n) is 5.22. The van der Waals surface area contributed by atoms with Gasteiger partial charge in [0.25, 0.3) is 0 Å². The summed E-state index contributed by atoms with van der Waals surface area (Å²) in [6.45, 7) is 10.4. The lowest BCUT2D eigenvalue weighted by Gasteiger charge is -2.34. The van der Waals surface area contributed by atoms with Crippen LogP contribution in [-0.4, -0.2) is 56.6 Å². The van der Waals surface area contributed by atoms with Crippen molar-refractivity contribution in [1.29, 1.82) is 0 Å². The van der Waals surface area contributed by atoms with Crippen LogP contribution in [0.1, 0.15) is 43.7 Å². The molecule has 1 aliphatic heterocycles. The third kappa shape index (κ3) is 6.73. The quantitative estimate of drug-likeness (QED) is 0.408. The Hall–Kier alpha value is -2.24. The first-order valence-electron chi connectivity index (χ1n) is 10.5. The Morgan fingerprint density at radius 3 is 2.54 bits per heavy atom. The fraction of sp³-hybridized carbons (Fsp3) is 0.636. The van der Waals surface area contributed by atoms with Crippen LogP contribution in [0.25, 0.3) is 0 Å². The molecule has 2 N–H and O–H groups in total. The molecule has 6 heteroatoms. The monoisotopic (exact) mass is 388 g/mol. The Kier molecular flexibility index (Phi) is 9.11. The predicted molar refractivity (Wildman–Crippen MR) is 115 cm³/mol. The molecule has 1 amide bonds. The Bertz CT molecular complexity index is 632. The standard InChI is InChI=1S/C22H36N4O2/c1-5-24-22(26-13-10-19(11-14-26)16-20(27)23-4)25-12-7-15-28-21-17(2)8-6-9-18(21)3/h6,8-9,19H,5,7,10-16H2,1-4H3,(H,23,27)(H,24,25). The molecule has 0 saturated carbocycles. The normalized spacial score (nSPS) is 15.4. The van der Waals surface area contributed by atoms with Crippen molar-refractivity contribution in [3.8, 4) is 5.75 Å². The van der Waals surface area contributed by atoms with Crippen LogP contribution in [0.15, 0.2) is 23.2 Å². The summed E-state index contributed by atoms with van der Waals surface area (Å²) >= 11 is 0. The van der Waals surface area contributed by atoms with Crippen LogP contribution < -0.4 is 15.4 Å². The molecule has 1 aromatic carbocycles. The van der Waals surface area contributed by atoms with Gasteiger partial charge in [0.05, 0.1) is 6.61 Å². The minimum atomic E-state index is 0.142. The van der Waals surface area contributed by atoms with Gasteiger partial charge in [0.15, 0.2) is 5.96 Å². The second kappa shape index (κ2) is 11.6. The lowest BCUT2D eigenvalue weighted by molar-refractivity contribution is -0.121. The molecule has 0 bridgehead atoms. The summed E-state index contributed by atoms with van der Waals surface area (Å²) in [7, 11) is 1.71. The van der Waals surface area contributed by atoms with Crippen molar-refractivity contribution in [2.24, 2.45) is 10.9 Å². The van der Waals surface area contributed by atoms with Crippen LogP contribution in [0, 0.1) is 19.8 Å². The maximum Gasteiger partial charge on any atom is 0.220 e. The van der Waals surface area contributed by atoms with Crippen molar-refractivity contribution in [1.82, 2.24) is 15.5 Å². The van der Waals surface area contributed by atoms with Crippen LogP contribution >= 0.6 is 0 Å². The zero-order valence-corrected chi connectivity index (χ0v) is 17.9. The van der Waals surface area contributed by atoms with E-state index in [0.717, 1.165) is 57.2 Å². The largest absolute Gasteiger partial charge is 0.493 e. The van der Waals surface area contributed by atoms with Crippen LogP contribution in [0.3, 0.4) is 0 Å². The number of aliphatic imine (C=N–C) groups is 1. The molecule has 0 aromatic heterocycles. The molecule has 1 fully saturated rings. The van der Waals surface area contributed by atoms with Crippen molar-refractivity contribution in [2.45, 2.75) is 46.5 Å². The molecule has 1 heterocycles. The van der Waals surface area contributed by atoms with E-state index in [4.69, 9.17) is 9.73 Å². The average Bonchev–Trinajstić information content (AvgIpc) is 2.69. The fourth-order valence-corrected chi connectivity index (χ4v) is 3.59. The number of hydrogen-bond acceptors (Lipinski definition) is 3. The molecular formula is C22H36N4O2. The van der Waals surface area contributed by atoms with E-state index in [9.17, 15) is 4.79 Å². The lowest BCUT2D eigenvalue weighted by Crippen LogP contribution is -2.46. The Morgan fingerprint density at radius 1 is 1.25 bits per heavy atom. The summed E-state index contributed by atoms with van der Waals surface area (Å²) in [4.78, 5) is 18.7. The van der Waals surface area contributed by atoms with Gasteiger partial charge in [-0.1, -0.05) is 18.2 Å².